The molecule has 1 aliphatic heterocycles. The first kappa shape index (κ1) is 22.1. The molecule has 0 aliphatic carbocycles. The van der Waals surface area contributed by atoms with Crippen molar-refractivity contribution in [1.82, 2.24) is 8.87 Å². The molecule has 0 spiro atoms. The molecule has 0 radical (unpaired) electrons. The molecule has 1 saturated heterocycles. The maximum Gasteiger partial charge on any atom is 0.325 e. The third-order valence-corrected chi connectivity index (χ3v) is 7.09. The summed E-state index contributed by atoms with van der Waals surface area (Å²) < 4.78 is 31.8. The van der Waals surface area contributed by atoms with E-state index in [0.29, 0.717) is 29.5 Å². The summed E-state index contributed by atoms with van der Waals surface area (Å²) in [6, 6.07) is 3.18. The van der Waals surface area contributed by atoms with Crippen molar-refractivity contribution in [2.24, 2.45) is 4.99 Å². The molecule has 2 aromatic rings. The Hall–Kier alpha value is -2.64. The summed E-state index contributed by atoms with van der Waals surface area (Å²) in [5.41, 5.74) is 0.341. The van der Waals surface area contributed by atoms with Crippen molar-refractivity contribution in [3.63, 3.8) is 0 Å². The summed E-state index contributed by atoms with van der Waals surface area (Å²) in [4.78, 5) is 39.5. The van der Waals surface area contributed by atoms with Crippen molar-refractivity contribution in [2.45, 2.75) is 31.8 Å². The Balaban J connectivity index is 2.11. The molecular weight excluding hydrogens is 436 g/mol. The Morgan fingerprint density at radius 2 is 2.10 bits per heavy atom. The van der Waals surface area contributed by atoms with Gasteiger partial charge in [-0.25, -0.2) is 8.42 Å². The van der Waals surface area contributed by atoms with Gasteiger partial charge in [-0.3, -0.25) is 19.7 Å². The lowest BCUT2D eigenvalue weighted by atomic mass is 10.0. The highest BCUT2D eigenvalue weighted by Gasteiger charge is 2.34. The van der Waals surface area contributed by atoms with Gasteiger partial charge in [-0.05, 0) is 18.9 Å². The lowest BCUT2D eigenvalue weighted by Crippen LogP contribution is -2.47. The number of carbonyl (C=O) groups is 2. The zero-order valence-corrected chi connectivity index (χ0v) is 17.9. The van der Waals surface area contributed by atoms with Crippen LogP contribution >= 0.6 is 11.3 Å². The number of methoxy groups -OCH3 is 1. The Morgan fingerprint density at radius 3 is 2.73 bits per heavy atom. The SMILES string of the molecule is COC(=O)Cn1c(=NC(=O)C2CCCCN2S(C)(=O)=O)sc2cc([N+](=O)[O-])ccc21. The number of esters is 1. The molecule has 2 heterocycles. The second-order valence-electron chi connectivity index (χ2n) is 6.79. The molecule has 11 nitrogen and oxygen atoms in total. The molecule has 0 N–H and O–H groups in total. The standard InChI is InChI=1S/C17H20N4O7S2/c1-28-15(22)10-19-12-7-6-11(21(24)25)9-14(12)29-17(19)18-16(23)13-5-3-4-8-20(13)30(2,26)27/h6-7,9,13H,3-5,8,10H2,1-2H3. The van der Waals surface area contributed by atoms with E-state index in [-0.39, 0.29) is 23.6 Å². The minimum atomic E-state index is -3.59. The number of fused-ring (bicyclic) bond motifs is 1. The summed E-state index contributed by atoms with van der Waals surface area (Å²) in [7, 11) is -2.37. The number of benzene rings is 1. The van der Waals surface area contributed by atoms with Crippen LogP contribution in [0.25, 0.3) is 10.2 Å². The summed E-state index contributed by atoms with van der Waals surface area (Å²) in [5.74, 6) is -1.22. The molecule has 1 aliphatic rings. The number of piperidine rings is 1. The summed E-state index contributed by atoms with van der Waals surface area (Å²) >= 11 is 1.00. The number of non-ortho nitro benzene ring substituents is 1. The first-order valence-corrected chi connectivity index (χ1v) is 11.7. The lowest BCUT2D eigenvalue weighted by molar-refractivity contribution is -0.384. The minimum absolute atomic E-state index is 0.137. The van der Waals surface area contributed by atoms with Crippen molar-refractivity contribution in [2.75, 3.05) is 19.9 Å². The van der Waals surface area contributed by atoms with Crippen LogP contribution in [0.1, 0.15) is 19.3 Å². The number of carbonyl (C=O) groups excluding carboxylic acids is 2. The smallest absolute Gasteiger partial charge is 0.325 e. The zero-order chi connectivity index (χ0) is 22.1. The van der Waals surface area contributed by atoms with E-state index in [9.17, 15) is 28.1 Å². The predicted octanol–water partition coefficient (Wildman–Crippen LogP) is 1.03. The van der Waals surface area contributed by atoms with Gasteiger partial charge in [-0.1, -0.05) is 17.8 Å². The van der Waals surface area contributed by atoms with Gasteiger partial charge in [0.1, 0.15) is 12.6 Å². The molecule has 1 amide bonds. The van der Waals surface area contributed by atoms with Crippen LogP contribution in [0.15, 0.2) is 23.2 Å². The normalized spacial score (nSPS) is 18.5. The molecule has 0 bridgehead atoms. The molecule has 3 rings (SSSR count). The van der Waals surface area contributed by atoms with E-state index in [1.165, 1.54) is 29.9 Å². The van der Waals surface area contributed by atoms with Crippen LogP contribution in [0, 0.1) is 10.1 Å². The number of thiazole rings is 1. The Kier molecular flexibility index (Phi) is 6.33. The number of hydrogen-bond acceptors (Lipinski definition) is 8. The predicted molar refractivity (Wildman–Crippen MR) is 108 cm³/mol. The largest absolute Gasteiger partial charge is 0.468 e. The maximum absolute atomic E-state index is 12.9. The minimum Gasteiger partial charge on any atom is -0.468 e. The zero-order valence-electron chi connectivity index (χ0n) is 16.3. The van der Waals surface area contributed by atoms with E-state index in [1.807, 2.05) is 0 Å². The quantitative estimate of drug-likeness (QED) is 0.371. The molecule has 1 aromatic heterocycles. The molecule has 1 aromatic carbocycles. The molecule has 1 fully saturated rings. The van der Waals surface area contributed by atoms with Crippen LogP contribution in [0.2, 0.25) is 0 Å². The van der Waals surface area contributed by atoms with Gasteiger partial charge in [0, 0.05) is 18.7 Å². The number of sulfonamides is 1. The van der Waals surface area contributed by atoms with Crippen LogP contribution in [0.5, 0.6) is 0 Å². The Bertz CT molecular complexity index is 1180. The first-order chi connectivity index (χ1) is 14.1. The third-order valence-electron chi connectivity index (χ3n) is 4.76. The molecule has 1 unspecified atom stereocenters. The van der Waals surface area contributed by atoms with Gasteiger partial charge in [0.05, 0.1) is 28.5 Å². The second kappa shape index (κ2) is 8.62. The van der Waals surface area contributed by atoms with E-state index in [4.69, 9.17) is 4.74 Å². The third kappa shape index (κ3) is 4.57. The number of nitro benzene ring substituents is 1. The number of rotatable bonds is 5. The van der Waals surface area contributed by atoms with Gasteiger partial charge >= 0.3 is 5.97 Å². The number of nitrogens with zero attached hydrogens (tertiary/aromatic N) is 4. The van der Waals surface area contributed by atoms with Crippen molar-refractivity contribution in [3.05, 3.63) is 33.1 Å². The topological polar surface area (TPSA) is 141 Å². The highest BCUT2D eigenvalue weighted by molar-refractivity contribution is 7.88. The maximum atomic E-state index is 12.9. The number of ether oxygens (including phenoxy) is 1. The molecule has 13 heteroatoms. The van der Waals surface area contributed by atoms with Gasteiger partial charge in [0.15, 0.2) is 4.80 Å². The molecule has 162 valence electrons. The monoisotopic (exact) mass is 456 g/mol. The number of hydrogen-bond donors (Lipinski definition) is 0. The summed E-state index contributed by atoms with van der Waals surface area (Å²) in [6.07, 6.45) is 2.75. The van der Waals surface area contributed by atoms with Crippen LogP contribution in [0.4, 0.5) is 5.69 Å². The van der Waals surface area contributed by atoms with Crippen LogP contribution in [-0.4, -0.2) is 60.0 Å². The van der Waals surface area contributed by atoms with Gasteiger partial charge in [-0.15, -0.1) is 0 Å². The van der Waals surface area contributed by atoms with Crippen molar-refractivity contribution < 1.29 is 27.7 Å². The number of aromatic nitrogens is 1. The molecule has 0 saturated carbocycles. The van der Waals surface area contributed by atoms with Crippen molar-refractivity contribution >= 4 is 49.1 Å². The Morgan fingerprint density at radius 1 is 1.37 bits per heavy atom. The highest BCUT2D eigenvalue weighted by Crippen LogP contribution is 2.24. The van der Waals surface area contributed by atoms with E-state index < -0.39 is 32.9 Å². The molecule has 1 atom stereocenters. The number of amides is 1. The van der Waals surface area contributed by atoms with Gasteiger partial charge in [-0.2, -0.15) is 9.30 Å². The fourth-order valence-corrected chi connectivity index (χ4v) is 5.51. The summed E-state index contributed by atoms with van der Waals surface area (Å²) in [6.45, 7) is -0.00753. The highest BCUT2D eigenvalue weighted by atomic mass is 32.2. The second-order valence-corrected chi connectivity index (χ2v) is 9.74. The Labute approximate surface area is 175 Å². The van der Waals surface area contributed by atoms with Gasteiger partial charge in [0.2, 0.25) is 10.0 Å². The lowest BCUT2D eigenvalue weighted by Gasteiger charge is -2.31. The first-order valence-electron chi connectivity index (χ1n) is 9.02. The van der Waals surface area contributed by atoms with E-state index in [1.54, 1.807) is 0 Å². The molecule has 30 heavy (non-hydrogen) atoms. The fraction of sp³-hybridized carbons (Fsp3) is 0.471. The van der Waals surface area contributed by atoms with E-state index in [2.05, 4.69) is 4.99 Å². The van der Waals surface area contributed by atoms with Crippen molar-refractivity contribution in [1.29, 1.82) is 0 Å². The number of nitro groups is 1. The average molecular weight is 457 g/mol. The van der Waals surface area contributed by atoms with Crippen LogP contribution < -0.4 is 4.80 Å². The van der Waals surface area contributed by atoms with E-state index >= 15 is 0 Å². The fourth-order valence-electron chi connectivity index (χ4n) is 3.32. The summed E-state index contributed by atoms with van der Waals surface area (Å²) in [5, 5.41) is 11.1. The molecular formula is C17H20N4O7S2. The van der Waals surface area contributed by atoms with Gasteiger partial charge in [0.25, 0.3) is 11.6 Å². The van der Waals surface area contributed by atoms with Crippen molar-refractivity contribution in [3.8, 4) is 0 Å². The average Bonchev–Trinajstić information content (AvgIpc) is 3.03. The van der Waals surface area contributed by atoms with Crippen LogP contribution in [-0.2, 0) is 30.9 Å². The van der Waals surface area contributed by atoms with Gasteiger partial charge < -0.3 is 9.30 Å². The van der Waals surface area contributed by atoms with Crippen LogP contribution in [0.3, 0.4) is 0 Å². The van der Waals surface area contributed by atoms with E-state index in [0.717, 1.165) is 21.9 Å².